The minimum Gasteiger partial charge on any atom is -0.455 e. The number of thiophene rings is 1. The number of rotatable bonds is 8. The molecule has 0 radical (unpaired) electrons. The van der Waals surface area contributed by atoms with Crippen molar-refractivity contribution in [3.63, 3.8) is 0 Å². The third-order valence-electron chi connectivity index (χ3n) is 7.31. The van der Waals surface area contributed by atoms with Crippen molar-refractivity contribution in [1.29, 1.82) is 0 Å². The van der Waals surface area contributed by atoms with E-state index in [9.17, 15) is 18.4 Å². The number of carbonyl (C=O) groups excluding carboxylic acids is 2. The van der Waals surface area contributed by atoms with E-state index in [4.69, 9.17) is 10.5 Å². The van der Waals surface area contributed by atoms with E-state index in [1.807, 2.05) is 43.3 Å². The zero-order valence-electron chi connectivity index (χ0n) is 23.0. The van der Waals surface area contributed by atoms with Crippen LogP contribution in [0, 0.1) is 0 Å². The van der Waals surface area contributed by atoms with Gasteiger partial charge in [0, 0.05) is 45.5 Å². The molecule has 4 N–H and O–H groups in total. The van der Waals surface area contributed by atoms with E-state index in [2.05, 4.69) is 20.6 Å². The van der Waals surface area contributed by atoms with E-state index in [0.717, 1.165) is 24.8 Å². The Kier molecular flexibility index (Phi) is 8.28. The molecule has 1 fully saturated rings. The van der Waals surface area contributed by atoms with Crippen molar-refractivity contribution in [1.82, 2.24) is 20.5 Å². The highest BCUT2D eigenvalue weighted by molar-refractivity contribution is 7.99. The van der Waals surface area contributed by atoms with E-state index < -0.39 is 30.4 Å². The minimum absolute atomic E-state index is 0.00614. The van der Waals surface area contributed by atoms with Gasteiger partial charge in [-0.3, -0.25) is 24.9 Å². The lowest BCUT2D eigenvalue weighted by molar-refractivity contribution is -0.130. The molecular formula is C30H28F2N6O3S2. The summed E-state index contributed by atoms with van der Waals surface area (Å²) in [6, 6.07) is 14.9. The average molecular weight is 623 g/mol. The second-order valence-corrected chi connectivity index (χ2v) is 12.4. The maximum atomic E-state index is 13.3. The zero-order valence-corrected chi connectivity index (χ0v) is 24.6. The van der Waals surface area contributed by atoms with Crippen LogP contribution >= 0.6 is 23.1 Å². The minimum atomic E-state index is -2.75. The smallest absolute Gasteiger partial charge is 0.292 e. The van der Waals surface area contributed by atoms with Gasteiger partial charge >= 0.3 is 0 Å². The summed E-state index contributed by atoms with van der Waals surface area (Å²) >= 11 is 3.11. The number of amidine groups is 1. The molecule has 43 heavy (non-hydrogen) atoms. The van der Waals surface area contributed by atoms with Gasteiger partial charge in [-0.15, -0.1) is 11.3 Å². The molecule has 1 saturated heterocycles. The quantitative estimate of drug-likeness (QED) is 0.124. The van der Waals surface area contributed by atoms with E-state index >= 15 is 0 Å². The van der Waals surface area contributed by atoms with Gasteiger partial charge in [0.15, 0.2) is 0 Å². The number of nitrogens with two attached hydrogens (primary N) is 1. The number of halogens is 2. The van der Waals surface area contributed by atoms with Gasteiger partial charge in [0.1, 0.15) is 17.3 Å². The lowest BCUT2D eigenvalue weighted by Gasteiger charge is -2.25. The molecule has 2 aliphatic rings. The maximum absolute atomic E-state index is 13.3. The second-order valence-electron chi connectivity index (χ2n) is 10.2. The highest BCUT2D eigenvalue weighted by Crippen LogP contribution is 2.47. The number of aromatic nitrogens is 1. The highest BCUT2D eigenvalue weighted by Gasteiger charge is 2.38. The monoisotopic (exact) mass is 622 g/mol. The van der Waals surface area contributed by atoms with Gasteiger partial charge < -0.3 is 20.7 Å². The Hall–Kier alpha value is -4.07. The fourth-order valence-corrected chi connectivity index (χ4v) is 7.16. The van der Waals surface area contributed by atoms with Crippen LogP contribution < -0.4 is 21.1 Å². The number of amides is 2. The van der Waals surface area contributed by atoms with Crippen LogP contribution in [0.25, 0.3) is 10.1 Å². The molecule has 13 heteroatoms. The van der Waals surface area contributed by atoms with Crippen molar-refractivity contribution in [3.05, 3.63) is 77.4 Å². The van der Waals surface area contributed by atoms with Crippen molar-refractivity contribution in [3.8, 4) is 11.5 Å². The van der Waals surface area contributed by atoms with Crippen molar-refractivity contribution in [2.45, 2.75) is 47.8 Å². The third-order valence-corrected chi connectivity index (χ3v) is 9.71. The summed E-state index contributed by atoms with van der Waals surface area (Å²) in [5.74, 6) is 0.519. The molecule has 6 rings (SSSR count). The molecule has 9 nitrogen and oxygen atoms in total. The zero-order chi connectivity index (χ0) is 30.1. The summed E-state index contributed by atoms with van der Waals surface area (Å²) < 4.78 is 33.4. The Labute approximate surface area is 254 Å². The molecule has 0 unspecified atom stereocenters. The van der Waals surface area contributed by atoms with Crippen molar-refractivity contribution < 1.29 is 23.1 Å². The Balaban J connectivity index is 1.13. The molecule has 2 aromatic heterocycles. The third kappa shape index (κ3) is 6.33. The standard InChI is InChI=1S/C30H28F2N6O3S2/c1-16(26-11-18-13-34-9-8-23(18)42-26)36-28(33)20-12-19(37-30(31)32)15-38(20)27(39)14-35-29(40)17-6-7-25-22(10-17)41-21-4-2-3-5-24(21)43-25/h2-11,13,16,19-20,30,37H,12,14-15H2,1H3,(H2,33,36)(H,35,40)/t16-,19-,20+/m1/s1. The SMILES string of the molecule is C[C@@H](N=C(N)[C@@H]1C[C@@H](NC(F)F)CN1C(=O)CNC(=O)c1ccc2c(c1)Oc1ccccc1S2)c1cc2cnccc2s1. The van der Waals surface area contributed by atoms with Gasteiger partial charge in [0.25, 0.3) is 12.5 Å². The molecule has 2 amide bonds. The predicted octanol–water partition coefficient (Wildman–Crippen LogP) is 5.18. The van der Waals surface area contributed by atoms with Gasteiger partial charge in [-0.05, 0) is 55.8 Å². The number of nitrogens with zero attached hydrogens (tertiary/aromatic N) is 3. The van der Waals surface area contributed by atoms with Crippen LogP contribution in [0.3, 0.4) is 0 Å². The number of aliphatic imine (C=N–C) groups is 1. The summed E-state index contributed by atoms with van der Waals surface area (Å²) in [7, 11) is 0. The molecule has 0 bridgehead atoms. The van der Waals surface area contributed by atoms with Gasteiger partial charge in [-0.1, -0.05) is 23.9 Å². The number of ether oxygens (including phenoxy) is 1. The van der Waals surface area contributed by atoms with Crippen molar-refractivity contribution in [2.24, 2.45) is 10.7 Å². The number of likely N-dealkylation sites (tertiary alicyclic amines) is 1. The molecular weight excluding hydrogens is 594 g/mol. The Morgan fingerprint density at radius 3 is 2.79 bits per heavy atom. The topological polar surface area (TPSA) is 122 Å². The lowest BCUT2D eigenvalue weighted by Crippen LogP contribution is -2.48. The molecule has 4 aromatic rings. The first-order chi connectivity index (χ1) is 20.7. The van der Waals surface area contributed by atoms with Gasteiger partial charge in [-0.25, -0.2) is 0 Å². The highest BCUT2D eigenvalue weighted by atomic mass is 32.2. The number of carbonyl (C=O) groups is 2. The first-order valence-corrected chi connectivity index (χ1v) is 15.3. The van der Waals surface area contributed by atoms with Crippen LogP contribution in [0.15, 0.2) is 81.8 Å². The molecule has 0 spiro atoms. The fraction of sp³-hybridized carbons (Fsp3) is 0.267. The molecule has 2 aromatic carbocycles. The van der Waals surface area contributed by atoms with Crippen molar-refractivity contribution >= 4 is 50.8 Å². The average Bonchev–Trinajstić information content (AvgIpc) is 3.63. The van der Waals surface area contributed by atoms with E-state index in [1.54, 1.807) is 53.7 Å². The summed E-state index contributed by atoms with van der Waals surface area (Å²) in [5, 5.41) is 5.84. The number of hydrogen-bond donors (Lipinski definition) is 3. The second kappa shape index (κ2) is 12.3. The first kappa shape index (κ1) is 29.0. The summed E-state index contributed by atoms with van der Waals surface area (Å²) in [6.07, 6.45) is 3.67. The number of para-hydroxylation sites is 1. The van der Waals surface area contributed by atoms with Crippen LogP contribution in [-0.4, -0.2) is 59.3 Å². The summed E-state index contributed by atoms with van der Waals surface area (Å²) in [6.45, 7) is -1.19. The number of benzene rings is 2. The normalized spacial score (nSPS) is 18.7. The number of nitrogens with one attached hydrogen (secondary N) is 2. The first-order valence-electron chi connectivity index (χ1n) is 13.6. The Bertz CT molecular complexity index is 1680. The fourth-order valence-electron chi connectivity index (χ4n) is 5.20. The largest absolute Gasteiger partial charge is 0.455 e. The molecule has 2 aliphatic heterocycles. The molecule has 222 valence electrons. The number of fused-ring (bicyclic) bond motifs is 3. The number of pyridine rings is 1. The van der Waals surface area contributed by atoms with Gasteiger partial charge in [0.05, 0.1) is 28.4 Å². The molecule has 0 saturated carbocycles. The predicted molar refractivity (Wildman–Crippen MR) is 162 cm³/mol. The number of hydrogen-bond acceptors (Lipinski definition) is 8. The summed E-state index contributed by atoms with van der Waals surface area (Å²) in [5.41, 5.74) is 6.74. The molecule has 4 heterocycles. The lowest BCUT2D eigenvalue weighted by atomic mass is 10.1. The van der Waals surface area contributed by atoms with Crippen LogP contribution in [0.2, 0.25) is 0 Å². The van der Waals surface area contributed by atoms with Gasteiger partial charge in [-0.2, -0.15) is 8.78 Å². The maximum Gasteiger partial charge on any atom is 0.292 e. The van der Waals surface area contributed by atoms with Crippen LogP contribution in [0.4, 0.5) is 8.78 Å². The van der Waals surface area contributed by atoms with Crippen LogP contribution in [-0.2, 0) is 4.79 Å². The van der Waals surface area contributed by atoms with Crippen LogP contribution in [0.5, 0.6) is 11.5 Å². The number of alkyl halides is 2. The molecule has 3 atom stereocenters. The van der Waals surface area contributed by atoms with Crippen molar-refractivity contribution in [2.75, 3.05) is 13.1 Å². The van der Waals surface area contributed by atoms with Gasteiger partial charge in [0.2, 0.25) is 5.91 Å². The Morgan fingerprint density at radius 2 is 1.98 bits per heavy atom. The van der Waals surface area contributed by atoms with E-state index in [1.165, 1.54) is 4.90 Å². The van der Waals surface area contributed by atoms with E-state index in [0.29, 0.717) is 17.1 Å². The summed E-state index contributed by atoms with van der Waals surface area (Å²) in [4.78, 5) is 39.3. The van der Waals surface area contributed by atoms with E-state index in [-0.39, 0.29) is 31.4 Å². The molecule has 0 aliphatic carbocycles. The van der Waals surface area contributed by atoms with Crippen LogP contribution in [0.1, 0.15) is 34.6 Å². The Morgan fingerprint density at radius 1 is 1.16 bits per heavy atom.